The van der Waals surface area contributed by atoms with Crippen LogP contribution in [-0.4, -0.2) is 20.3 Å². The number of carbonyl (C=O) groups excluding carboxylic acids is 1. The number of rotatable bonds is 4. The number of anilines is 1. The Hall–Kier alpha value is -3.47. The average molecular weight is 396 g/mol. The maximum Gasteiger partial charge on any atom is 0.193 e. The van der Waals surface area contributed by atoms with Crippen molar-refractivity contribution < 1.29 is 4.79 Å². The van der Waals surface area contributed by atoms with E-state index in [-0.39, 0.29) is 5.78 Å². The molecule has 0 saturated heterocycles. The van der Waals surface area contributed by atoms with Gasteiger partial charge in [-0.25, -0.2) is 9.97 Å². The number of nitrogens with zero attached hydrogens (tertiary/aromatic N) is 3. The van der Waals surface area contributed by atoms with Crippen molar-refractivity contribution in [3.63, 3.8) is 0 Å². The lowest BCUT2D eigenvalue weighted by Gasteiger charge is -2.23. The molecule has 5 rings (SSSR count). The van der Waals surface area contributed by atoms with Crippen molar-refractivity contribution in [3.05, 3.63) is 78.2 Å². The number of hydrogen-bond acceptors (Lipinski definition) is 4. The third-order valence-corrected chi connectivity index (χ3v) is 6.10. The highest BCUT2D eigenvalue weighted by molar-refractivity contribution is 6.09. The summed E-state index contributed by atoms with van der Waals surface area (Å²) >= 11 is 0. The van der Waals surface area contributed by atoms with Crippen LogP contribution in [0.3, 0.4) is 0 Å². The van der Waals surface area contributed by atoms with Gasteiger partial charge in [0.25, 0.3) is 0 Å². The van der Waals surface area contributed by atoms with E-state index in [1.54, 1.807) is 6.33 Å². The zero-order valence-corrected chi connectivity index (χ0v) is 16.8. The summed E-state index contributed by atoms with van der Waals surface area (Å²) in [6.07, 6.45) is 9.83. The highest BCUT2D eigenvalue weighted by atomic mass is 16.1. The lowest BCUT2D eigenvalue weighted by atomic mass is 9.95. The molecule has 30 heavy (non-hydrogen) atoms. The van der Waals surface area contributed by atoms with Gasteiger partial charge in [-0.3, -0.25) is 4.79 Å². The molecule has 2 aromatic heterocycles. The Bertz CT molecular complexity index is 1190. The summed E-state index contributed by atoms with van der Waals surface area (Å²) in [6, 6.07) is 17.5. The van der Waals surface area contributed by atoms with E-state index in [2.05, 4.69) is 20.7 Å². The van der Waals surface area contributed by atoms with Gasteiger partial charge in [0, 0.05) is 28.9 Å². The van der Waals surface area contributed by atoms with Gasteiger partial charge < -0.3 is 10.3 Å². The van der Waals surface area contributed by atoms with Gasteiger partial charge in [-0.2, -0.15) is 0 Å². The first-order valence-corrected chi connectivity index (χ1v) is 10.5. The highest BCUT2D eigenvalue weighted by Crippen LogP contribution is 2.38. The van der Waals surface area contributed by atoms with E-state index < -0.39 is 0 Å². The lowest BCUT2D eigenvalue weighted by molar-refractivity contribution is 0.103. The Morgan fingerprint density at radius 2 is 1.60 bits per heavy atom. The minimum Gasteiger partial charge on any atom is -0.383 e. The number of aromatic nitrogens is 3. The number of ketones is 1. The smallest absolute Gasteiger partial charge is 0.193 e. The van der Waals surface area contributed by atoms with E-state index in [1.807, 2.05) is 54.6 Å². The van der Waals surface area contributed by atoms with Crippen molar-refractivity contribution in [3.8, 4) is 11.1 Å². The molecular formula is C25H24N4O. The molecule has 2 N–H and O–H groups in total. The normalized spacial score (nSPS) is 14.8. The number of nitrogen functional groups attached to an aromatic ring is 1. The minimum atomic E-state index is 0.0228. The first-order valence-electron chi connectivity index (χ1n) is 10.5. The van der Waals surface area contributed by atoms with E-state index in [4.69, 9.17) is 5.73 Å². The molecule has 4 aromatic rings. The van der Waals surface area contributed by atoms with Crippen LogP contribution in [0.25, 0.3) is 22.2 Å². The van der Waals surface area contributed by atoms with Crippen LogP contribution in [0, 0.1) is 0 Å². The van der Waals surface area contributed by atoms with Crippen molar-refractivity contribution in [2.45, 2.75) is 38.1 Å². The molecule has 0 aliphatic heterocycles. The van der Waals surface area contributed by atoms with Crippen LogP contribution in [-0.2, 0) is 0 Å². The van der Waals surface area contributed by atoms with Gasteiger partial charge in [-0.1, -0.05) is 73.9 Å². The second kappa shape index (κ2) is 7.75. The third-order valence-electron chi connectivity index (χ3n) is 6.10. The summed E-state index contributed by atoms with van der Waals surface area (Å²) in [6.45, 7) is 0. The Labute approximate surface area is 175 Å². The van der Waals surface area contributed by atoms with Gasteiger partial charge in [0.05, 0.1) is 5.39 Å². The molecular weight excluding hydrogens is 372 g/mol. The fraction of sp³-hybridized carbons (Fsp3) is 0.240. The van der Waals surface area contributed by atoms with E-state index >= 15 is 0 Å². The van der Waals surface area contributed by atoms with Gasteiger partial charge in [0.1, 0.15) is 17.8 Å². The molecule has 0 bridgehead atoms. The van der Waals surface area contributed by atoms with E-state index in [0.717, 1.165) is 35.0 Å². The van der Waals surface area contributed by atoms with E-state index in [0.29, 0.717) is 23.0 Å². The third kappa shape index (κ3) is 3.26. The standard InChI is InChI=1S/C25H24N4O/c26-24-22-21(15-29(25(22)28-16-27-24)20-9-5-2-6-10-20)17-11-13-19(14-12-17)23(30)18-7-3-1-4-8-18/h1,3-4,7-8,11-16,20H,2,5-6,9-10H2,(H2,26,27,28). The van der Waals surface area contributed by atoms with Gasteiger partial charge in [-0.05, 0) is 18.4 Å². The van der Waals surface area contributed by atoms with Crippen molar-refractivity contribution in [2.24, 2.45) is 0 Å². The molecule has 1 saturated carbocycles. The molecule has 1 aliphatic rings. The van der Waals surface area contributed by atoms with Crippen LogP contribution in [0.1, 0.15) is 54.1 Å². The van der Waals surface area contributed by atoms with Crippen molar-refractivity contribution in [1.82, 2.24) is 14.5 Å². The number of benzene rings is 2. The minimum absolute atomic E-state index is 0.0228. The van der Waals surface area contributed by atoms with Crippen LogP contribution in [0.5, 0.6) is 0 Å². The van der Waals surface area contributed by atoms with Crippen molar-refractivity contribution >= 4 is 22.6 Å². The van der Waals surface area contributed by atoms with Crippen LogP contribution < -0.4 is 5.73 Å². The predicted octanol–water partition coefficient (Wildman–Crippen LogP) is 5.42. The van der Waals surface area contributed by atoms with E-state index in [1.165, 1.54) is 19.3 Å². The van der Waals surface area contributed by atoms with Crippen molar-refractivity contribution in [2.75, 3.05) is 5.73 Å². The first-order chi connectivity index (χ1) is 14.7. The van der Waals surface area contributed by atoms with Gasteiger partial charge in [-0.15, -0.1) is 0 Å². The molecule has 150 valence electrons. The zero-order chi connectivity index (χ0) is 20.5. The van der Waals surface area contributed by atoms with Crippen LogP contribution in [0.15, 0.2) is 67.1 Å². The van der Waals surface area contributed by atoms with E-state index in [9.17, 15) is 4.79 Å². The molecule has 5 heteroatoms. The summed E-state index contributed by atoms with van der Waals surface area (Å²) in [7, 11) is 0. The zero-order valence-electron chi connectivity index (χ0n) is 16.8. The largest absolute Gasteiger partial charge is 0.383 e. The van der Waals surface area contributed by atoms with Gasteiger partial charge >= 0.3 is 0 Å². The van der Waals surface area contributed by atoms with Crippen molar-refractivity contribution in [1.29, 1.82) is 0 Å². The summed E-state index contributed by atoms with van der Waals surface area (Å²) in [5.41, 5.74) is 10.6. The number of hydrogen-bond donors (Lipinski definition) is 1. The second-order valence-corrected chi connectivity index (χ2v) is 7.97. The SMILES string of the molecule is Nc1ncnc2c1c(-c1ccc(C(=O)c3ccccc3)cc1)cn2C1CCCCC1. The second-order valence-electron chi connectivity index (χ2n) is 7.97. The maximum atomic E-state index is 12.7. The highest BCUT2D eigenvalue weighted by Gasteiger charge is 2.22. The quantitative estimate of drug-likeness (QED) is 0.468. The summed E-state index contributed by atoms with van der Waals surface area (Å²) in [5, 5.41) is 0.894. The average Bonchev–Trinajstić information content (AvgIpc) is 3.21. The summed E-state index contributed by atoms with van der Waals surface area (Å²) in [4.78, 5) is 21.5. The Kier molecular flexibility index (Phi) is 4.79. The monoisotopic (exact) mass is 396 g/mol. The molecule has 2 heterocycles. The number of fused-ring (bicyclic) bond motifs is 1. The molecule has 0 amide bonds. The summed E-state index contributed by atoms with van der Waals surface area (Å²) in [5.74, 6) is 0.517. The van der Waals surface area contributed by atoms with Crippen LogP contribution >= 0.6 is 0 Å². The molecule has 0 radical (unpaired) electrons. The maximum absolute atomic E-state index is 12.7. The first kappa shape index (κ1) is 18.6. The fourth-order valence-corrected chi connectivity index (χ4v) is 4.52. The molecule has 2 aromatic carbocycles. The lowest BCUT2D eigenvalue weighted by Crippen LogP contribution is -2.12. The topological polar surface area (TPSA) is 73.8 Å². The number of nitrogens with two attached hydrogens (primary N) is 1. The van der Waals surface area contributed by atoms with Crippen LogP contribution in [0.4, 0.5) is 5.82 Å². The van der Waals surface area contributed by atoms with Gasteiger partial charge in [0.15, 0.2) is 5.78 Å². The molecule has 0 atom stereocenters. The molecule has 1 fully saturated rings. The molecule has 1 aliphatic carbocycles. The Balaban J connectivity index is 1.55. The van der Waals surface area contributed by atoms with Gasteiger partial charge in [0.2, 0.25) is 0 Å². The Morgan fingerprint density at radius 3 is 2.33 bits per heavy atom. The predicted molar refractivity (Wildman–Crippen MR) is 119 cm³/mol. The molecule has 5 nitrogen and oxygen atoms in total. The molecule has 0 unspecified atom stereocenters. The number of carbonyl (C=O) groups is 1. The molecule has 0 spiro atoms. The fourth-order valence-electron chi connectivity index (χ4n) is 4.52. The Morgan fingerprint density at radius 1 is 0.900 bits per heavy atom. The van der Waals surface area contributed by atoms with Crippen LogP contribution in [0.2, 0.25) is 0 Å². The summed E-state index contributed by atoms with van der Waals surface area (Å²) < 4.78 is 2.28.